The van der Waals surface area contributed by atoms with E-state index in [-0.39, 0.29) is 17.1 Å². The summed E-state index contributed by atoms with van der Waals surface area (Å²) in [6.07, 6.45) is 0. The fourth-order valence-electron chi connectivity index (χ4n) is 1.03. The highest BCUT2D eigenvalue weighted by molar-refractivity contribution is 5.97. The Morgan fingerprint density at radius 1 is 1.36 bits per heavy atom. The second-order valence-corrected chi connectivity index (χ2v) is 2.78. The van der Waals surface area contributed by atoms with Gasteiger partial charge in [0.05, 0.1) is 7.11 Å². The highest BCUT2D eigenvalue weighted by atomic mass is 16.5. The molecule has 0 radical (unpaired) electrons. The van der Waals surface area contributed by atoms with Crippen LogP contribution in [0.2, 0.25) is 0 Å². The summed E-state index contributed by atoms with van der Waals surface area (Å²) in [5, 5.41) is 9.39. The minimum Gasteiger partial charge on any atom is -0.507 e. The van der Waals surface area contributed by atoms with Crippen LogP contribution in [0.3, 0.4) is 0 Å². The summed E-state index contributed by atoms with van der Waals surface area (Å²) in [6, 6.07) is 4.07. The van der Waals surface area contributed by atoms with Crippen LogP contribution in [-0.2, 0) is 4.74 Å². The van der Waals surface area contributed by atoms with Gasteiger partial charge in [0.1, 0.15) is 11.3 Å². The predicted octanol–water partition coefficient (Wildman–Crippen LogP) is 1.38. The van der Waals surface area contributed by atoms with Crippen LogP contribution in [-0.4, -0.2) is 24.0 Å². The van der Waals surface area contributed by atoms with Gasteiger partial charge >= 0.3 is 5.97 Å². The monoisotopic (exact) mass is 194 g/mol. The third-order valence-corrected chi connectivity index (χ3v) is 1.81. The first-order chi connectivity index (χ1) is 6.56. The van der Waals surface area contributed by atoms with Gasteiger partial charge in [0, 0.05) is 5.56 Å². The Labute approximate surface area is 81.1 Å². The Bertz CT molecular complexity index is 382. The molecular weight excluding hydrogens is 184 g/mol. The SMILES string of the molecule is COC(=O)c1ccc(C(C)=O)cc1O. The number of rotatable bonds is 2. The Balaban J connectivity index is 3.14. The molecule has 1 N–H and O–H groups in total. The third-order valence-electron chi connectivity index (χ3n) is 1.81. The number of ether oxygens (including phenoxy) is 1. The number of methoxy groups -OCH3 is 1. The van der Waals surface area contributed by atoms with Crippen LogP contribution < -0.4 is 0 Å². The number of phenols is 1. The Hall–Kier alpha value is -1.84. The van der Waals surface area contributed by atoms with Crippen molar-refractivity contribution >= 4 is 11.8 Å². The number of carbonyl (C=O) groups is 2. The summed E-state index contributed by atoms with van der Waals surface area (Å²) >= 11 is 0. The van der Waals surface area contributed by atoms with Crippen molar-refractivity contribution in [3.63, 3.8) is 0 Å². The van der Waals surface area contributed by atoms with Gasteiger partial charge in [-0.25, -0.2) is 4.79 Å². The van der Waals surface area contributed by atoms with Crippen molar-refractivity contribution < 1.29 is 19.4 Å². The van der Waals surface area contributed by atoms with Gasteiger partial charge in [0.2, 0.25) is 0 Å². The molecule has 0 amide bonds. The van der Waals surface area contributed by atoms with Crippen molar-refractivity contribution in [3.05, 3.63) is 29.3 Å². The first-order valence-corrected chi connectivity index (χ1v) is 3.98. The maximum Gasteiger partial charge on any atom is 0.341 e. The van der Waals surface area contributed by atoms with E-state index in [1.807, 2.05) is 0 Å². The molecule has 0 aliphatic heterocycles. The van der Waals surface area contributed by atoms with Crippen molar-refractivity contribution in [1.82, 2.24) is 0 Å². The highest BCUT2D eigenvalue weighted by Crippen LogP contribution is 2.19. The molecule has 0 saturated carbocycles. The number of carbonyl (C=O) groups excluding carboxylic acids is 2. The fraction of sp³-hybridized carbons (Fsp3) is 0.200. The van der Waals surface area contributed by atoms with Gasteiger partial charge in [-0.05, 0) is 19.1 Å². The molecule has 74 valence electrons. The minimum atomic E-state index is -0.627. The first-order valence-electron chi connectivity index (χ1n) is 3.98. The van der Waals surface area contributed by atoms with Gasteiger partial charge in [0.15, 0.2) is 5.78 Å². The van der Waals surface area contributed by atoms with Gasteiger partial charge in [-0.1, -0.05) is 6.07 Å². The van der Waals surface area contributed by atoms with E-state index < -0.39 is 5.97 Å². The number of phenolic OH excluding ortho intramolecular Hbond substituents is 1. The molecule has 0 heterocycles. The number of benzene rings is 1. The summed E-state index contributed by atoms with van der Waals surface area (Å²) < 4.78 is 4.43. The minimum absolute atomic E-state index is 0.0532. The lowest BCUT2D eigenvalue weighted by molar-refractivity contribution is 0.0597. The number of ketones is 1. The topological polar surface area (TPSA) is 63.6 Å². The molecule has 0 bridgehead atoms. The first kappa shape index (κ1) is 10.2. The predicted molar refractivity (Wildman–Crippen MR) is 49.5 cm³/mol. The average molecular weight is 194 g/mol. The van der Waals surface area contributed by atoms with Crippen molar-refractivity contribution in [3.8, 4) is 5.75 Å². The van der Waals surface area contributed by atoms with Crippen LogP contribution in [0.4, 0.5) is 0 Å². The molecule has 0 unspecified atom stereocenters. The molecule has 0 spiro atoms. The molecule has 0 aliphatic carbocycles. The summed E-state index contributed by atoms with van der Waals surface area (Å²) in [6.45, 7) is 1.38. The van der Waals surface area contributed by atoms with Gasteiger partial charge in [-0.3, -0.25) is 4.79 Å². The zero-order valence-corrected chi connectivity index (χ0v) is 7.90. The summed E-state index contributed by atoms with van der Waals surface area (Å²) in [5.41, 5.74) is 0.410. The molecular formula is C10H10O4. The Morgan fingerprint density at radius 2 is 2.00 bits per heavy atom. The lowest BCUT2D eigenvalue weighted by atomic mass is 10.1. The van der Waals surface area contributed by atoms with Gasteiger partial charge in [-0.15, -0.1) is 0 Å². The van der Waals surface area contributed by atoms with Crippen molar-refractivity contribution in [2.75, 3.05) is 7.11 Å². The van der Waals surface area contributed by atoms with Crippen LogP contribution in [0, 0.1) is 0 Å². The standard InChI is InChI=1S/C10H10O4/c1-6(11)7-3-4-8(9(12)5-7)10(13)14-2/h3-5,12H,1-2H3. The molecule has 0 fully saturated rings. The molecule has 0 aliphatic rings. The van der Waals surface area contributed by atoms with Gasteiger partial charge < -0.3 is 9.84 Å². The van der Waals surface area contributed by atoms with Gasteiger partial charge in [0.25, 0.3) is 0 Å². The van der Waals surface area contributed by atoms with Crippen molar-refractivity contribution in [2.45, 2.75) is 6.92 Å². The summed E-state index contributed by atoms with van der Waals surface area (Å²) in [7, 11) is 1.22. The molecule has 1 aromatic rings. The molecule has 14 heavy (non-hydrogen) atoms. The van der Waals surface area contributed by atoms with Crippen LogP contribution >= 0.6 is 0 Å². The number of aromatic hydroxyl groups is 1. The third kappa shape index (κ3) is 1.90. The van der Waals surface area contributed by atoms with Gasteiger partial charge in [-0.2, -0.15) is 0 Å². The quantitative estimate of drug-likeness (QED) is 0.570. The number of Topliss-reactive ketones (excluding diaryl/α,β-unsaturated/α-hetero) is 1. The maximum atomic E-state index is 11.0. The van der Waals surface area contributed by atoms with Crippen LogP contribution in [0.25, 0.3) is 0 Å². The van der Waals surface area contributed by atoms with E-state index in [0.717, 1.165) is 0 Å². The van der Waals surface area contributed by atoms with E-state index >= 15 is 0 Å². The molecule has 4 heteroatoms. The smallest absolute Gasteiger partial charge is 0.341 e. The van der Waals surface area contributed by atoms with Crippen LogP contribution in [0.15, 0.2) is 18.2 Å². The second-order valence-electron chi connectivity index (χ2n) is 2.78. The van der Waals surface area contributed by atoms with E-state index in [0.29, 0.717) is 5.56 Å². The zero-order chi connectivity index (χ0) is 10.7. The van der Waals surface area contributed by atoms with Crippen LogP contribution in [0.1, 0.15) is 27.6 Å². The summed E-state index contributed by atoms with van der Waals surface area (Å²) in [5.74, 6) is -1.04. The molecule has 0 atom stereocenters. The van der Waals surface area contributed by atoms with E-state index in [4.69, 9.17) is 0 Å². The second kappa shape index (κ2) is 3.91. The van der Waals surface area contributed by atoms with E-state index in [1.54, 1.807) is 0 Å². The Morgan fingerprint density at radius 3 is 2.43 bits per heavy atom. The number of esters is 1. The van der Waals surface area contributed by atoms with E-state index in [1.165, 1.54) is 32.2 Å². The maximum absolute atomic E-state index is 11.0. The van der Waals surface area contributed by atoms with Crippen molar-refractivity contribution in [1.29, 1.82) is 0 Å². The number of hydrogen-bond donors (Lipinski definition) is 1. The molecule has 1 aromatic carbocycles. The van der Waals surface area contributed by atoms with Crippen LogP contribution in [0.5, 0.6) is 5.75 Å². The molecule has 1 rings (SSSR count). The van der Waals surface area contributed by atoms with Crippen molar-refractivity contribution in [2.24, 2.45) is 0 Å². The average Bonchev–Trinajstić information content (AvgIpc) is 2.16. The normalized spacial score (nSPS) is 9.57. The highest BCUT2D eigenvalue weighted by Gasteiger charge is 2.12. The summed E-state index contributed by atoms with van der Waals surface area (Å²) in [4.78, 5) is 22.0. The fourth-order valence-corrected chi connectivity index (χ4v) is 1.03. The largest absolute Gasteiger partial charge is 0.507 e. The van der Waals surface area contributed by atoms with E-state index in [9.17, 15) is 14.7 Å². The molecule has 0 aromatic heterocycles. The zero-order valence-electron chi connectivity index (χ0n) is 7.90. The Kier molecular flexibility index (Phi) is 2.86. The molecule has 0 saturated heterocycles. The van der Waals surface area contributed by atoms with E-state index in [2.05, 4.69) is 4.74 Å². The lowest BCUT2D eigenvalue weighted by Crippen LogP contribution is -2.02. The lowest BCUT2D eigenvalue weighted by Gasteiger charge is -2.03. The number of hydrogen-bond acceptors (Lipinski definition) is 4. The molecule has 4 nitrogen and oxygen atoms in total.